The first-order valence-electron chi connectivity index (χ1n) is 4.73. The molecule has 1 aromatic heterocycles. The zero-order valence-electron chi connectivity index (χ0n) is 8.18. The molecule has 2 heterocycles. The van der Waals surface area contributed by atoms with Crippen LogP contribution in [0.25, 0.3) is 0 Å². The molecule has 1 aliphatic heterocycles. The van der Waals surface area contributed by atoms with E-state index in [-0.39, 0.29) is 5.69 Å². The van der Waals surface area contributed by atoms with Crippen molar-refractivity contribution in [3.8, 4) is 0 Å². The first-order valence-corrected chi connectivity index (χ1v) is 5.61. The Morgan fingerprint density at radius 3 is 2.93 bits per heavy atom. The van der Waals surface area contributed by atoms with Crippen LogP contribution in [0.5, 0.6) is 0 Å². The van der Waals surface area contributed by atoms with Crippen LogP contribution in [0.3, 0.4) is 0 Å². The number of aromatic nitrogens is 1. The van der Waals surface area contributed by atoms with E-state index in [2.05, 4.69) is 9.88 Å². The average molecular weight is 228 g/mol. The molecule has 2 rings (SSSR count). The van der Waals surface area contributed by atoms with Gasteiger partial charge in [0.1, 0.15) is 5.01 Å². The van der Waals surface area contributed by atoms with Gasteiger partial charge in [0, 0.05) is 18.5 Å². The highest BCUT2D eigenvalue weighted by Gasteiger charge is 2.14. The summed E-state index contributed by atoms with van der Waals surface area (Å²) in [5, 5.41) is 11.2. The number of aromatic carboxylic acids is 1. The number of thiazole rings is 1. The van der Waals surface area contributed by atoms with E-state index in [0.717, 1.165) is 37.9 Å². The maximum absolute atomic E-state index is 10.6. The Bertz CT molecular complexity index is 347. The van der Waals surface area contributed by atoms with Gasteiger partial charge in [-0.2, -0.15) is 0 Å². The Kier molecular flexibility index (Phi) is 3.30. The van der Waals surface area contributed by atoms with Crippen LogP contribution >= 0.6 is 11.3 Å². The van der Waals surface area contributed by atoms with E-state index >= 15 is 0 Å². The molecular weight excluding hydrogens is 216 g/mol. The number of hydrogen-bond donors (Lipinski definition) is 1. The molecule has 1 fully saturated rings. The van der Waals surface area contributed by atoms with Gasteiger partial charge in [-0.25, -0.2) is 9.78 Å². The summed E-state index contributed by atoms with van der Waals surface area (Å²) < 4.78 is 5.23. The second-order valence-electron chi connectivity index (χ2n) is 3.32. The molecule has 0 saturated carbocycles. The number of hydrogen-bond acceptors (Lipinski definition) is 5. The molecule has 1 aliphatic rings. The van der Waals surface area contributed by atoms with Gasteiger partial charge in [0.15, 0.2) is 5.69 Å². The largest absolute Gasteiger partial charge is 0.476 e. The third-order valence-electron chi connectivity index (χ3n) is 2.23. The van der Waals surface area contributed by atoms with E-state index in [0.29, 0.717) is 0 Å². The van der Waals surface area contributed by atoms with Gasteiger partial charge < -0.3 is 9.84 Å². The molecule has 1 N–H and O–H groups in total. The Hall–Kier alpha value is -0.980. The maximum Gasteiger partial charge on any atom is 0.355 e. The highest BCUT2D eigenvalue weighted by molar-refractivity contribution is 7.09. The lowest BCUT2D eigenvalue weighted by Gasteiger charge is -2.25. The van der Waals surface area contributed by atoms with Crippen molar-refractivity contribution in [2.45, 2.75) is 6.54 Å². The molecule has 1 aromatic rings. The molecule has 1 saturated heterocycles. The second kappa shape index (κ2) is 4.69. The number of morpholine rings is 1. The van der Waals surface area contributed by atoms with E-state index in [1.165, 1.54) is 11.3 Å². The van der Waals surface area contributed by atoms with Crippen LogP contribution in [0.4, 0.5) is 0 Å². The molecule has 0 radical (unpaired) electrons. The van der Waals surface area contributed by atoms with E-state index in [9.17, 15) is 4.79 Å². The summed E-state index contributed by atoms with van der Waals surface area (Å²) in [5.74, 6) is -0.959. The van der Waals surface area contributed by atoms with Crippen molar-refractivity contribution < 1.29 is 14.6 Å². The first-order chi connectivity index (χ1) is 7.25. The van der Waals surface area contributed by atoms with Gasteiger partial charge in [-0.3, -0.25) is 4.90 Å². The topological polar surface area (TPSA) is 62.7 Å². The van der Waals surface area contributed by atoms with Gasteiger partial charge in [-0.1, -0.05) is 0 Å². The molecule has 6 heteroatoms. The van der Waals surface area contributed by atoms with Gasteiger partial charge >= 0.3 is 5.97 Å². The number of nitrogens with zero attached hydrogens (tertiary/aromatic N) is 2. The summed E-state index contributed by atoms with van der Waals surface area (Å²) >= 11 is 1.40. The SMILES string of the molecule is O=C(O)c1csc(CN2CCOCC2)n1. The number of ether oxygens (including phenoxy) is 1. The van der Waals surface area contributed by atoms with Crippen LogP contribution in [0.1, 0.15) is 15.5 Å². The molecule has 0 spiro atoms. The zero-order chi connectivity index (χ0) is 10.7. The molecule has 0 bridgehead atoms. The molecule has 0 amide bonds. The predicted octanol–water partition coefficient (Wildman–Crippen LogP) is 0.674. The Morgan fingerprint density at radius 1 is 1.60 bits per heavy atom. The van der Waals surface area contributed by atoms with Crippen molar-refractivity contribution in [1.29, 1.82) is 0 Å². The van der Waals surface area contributed by atoms with Crippen molar-refractivity contribution in [3.63, 3.8) is 0 Å². The first kappa shape index (κ1) is 10.5. The average Bonchev–Trinajstić information content (AvgIpc) is 2.68. The van der Waals surface area contributed by atoms with E-state index < -0.39 is 5.97 Å². The standard InChI is InChI=1S/C9H12N2O3S/c12-9(13)7-6-15-8(10-7)5-11-1-3-14-4-2-11/h6H,1-5H2,(H,12,13). The van der Waals surface area contributed by atoms with Crippen LogP contribution in [-0.2, 0) is 11.3 Å². The van der Waals surface area contributed by atoms with Crippen LogP contribution in [0, 0.1) is 0 Å². The molecule has 0 unspecified atom stereocenters. The van der Waals surface area contributed by atoms with Gasteiger partial charge in [-0.15, -0.1) is 11.3 Å². The Labute approximate surface area is 91.3 Å². The number of carboxylic acid groups (broad SMARTS) is 1. The third-order valence-corrected chi connectivity index (χ3v) is 3.07. The lowest BCUT2D eigenvalue weighted by molar-refractivity contribution is 0.0341. The van der Waals surface area contributed by atoms with Gasteiger partial charge in [0.05, 0.1) is 19.8 Å². The fourth-order valence-electron chi connectivity index (χ4n) is 1.43. The lowest BCUT2D eigenvalue weighted by atomic mass is 10.4. The van der Waals surface area contributed by atoms with Crippen LogP contribution < -0.4 is 0 Å². The molecule has 0 atom stereocenters. The van der Waals surface area contributed by atoms with Crippen molar-refractivity contribution in [3.05, 3.63) is 16.1 Å². The minimum atomic E-state index is -0.959. The molecule has 15 heavy (non-hydrogen) atoms. The number of carbonyl (C=O) groups is 1. The quantitative estimate of drug-likeness (QED) is 0.824. The number of rotatable bonds is 3. The summed E-state index contributed by atoms with van der Waals surface area (Å²) in [6.45, 7) is 4.00. The predicted molar refractivity (Wildman–Crippen MR) is 55.2 cm³/mol. The third kappa shape index (κ3) is 2.74. The summed E-state index contributed by atoms with van der Waals surface area (Å²) in [6, 6.07) is 0. The van der Waals surface area contributed by atoms with Crippen molar-refractivity contribution in [1.82, 2.24) is 9.88 Å². The molecule has 0 aromatic carbocycles. The van der Waals surface area contributed by atoms with E-state index in [1.807, 2.05) is 0 Å². The molecule has 5 nitrogen and oxygen atoms in total. The van der Waals surface area contributed by atoms with E-state index in [1.54, 1.807) is 5.38 Å². The van der Waals surface area contributed by atoms with E-state index in [4.69, 9.17) is 9.84 Å². The van der Waals surface area contributed by atoms with Gasteiger partial charge in [-0.05, 0) is 0 Å². The van der Waals surface area contributed by atoms with Crippen LogP contribution in [0.15, 0.2) is 5.38 Å². The minimum absolute atomic E-state index is 0.142. The highest BCUT2D eigenvalue weighted by atomic mass is 32.1. The van der Waals surface area contributed by atoms with Crippen LogP contribution in [-0.4, -0.2) is 47.3 Å². The maximum atomic E-state index is 10.6. The monoisotopic (exact) mass is 228 g/mol. The van der Waals surface area contributed by atoms with Crippen molar-refractivity contribution in [2.75, 3.05) is 26.3 Å². The Balaban J connectivity index is 1.94. The normalized spacial score (nSPS) is 17.9. The summed E-state index contributed by atoms with van der Waals surface area (Å²) in [4.78, 5) is 16.9. The number of carboxylic acids is 1. The fraction of sp³-hybridized carbons (Fsp3) is 0.556. The summed E-state index contributed by atoms with van der Waals surface area (Å²) in [5.41, 5.74) is 0.142. The van der Waals surface area contributed by atoms with Gasteiger partial charge in [0.25, 0.3) is 0 Å². The smallest absolute Gasteiger partial charge is 0.355 e. The minimum Gasteiger partial charge on any atom is -0.476 e. The van der Waals surface area contributed by atoms with Gasteiger partial charge in [0.2, 0.25) is 0 Å². The zero-order valence-corrected chi connectivity index (χ0v) is 9.00. The Morgan fingerprint density at radius 2 is 2.33 bits per heavy atom. The van der Waals surface area contributed by atoms with Crippen molar-refractivity contribution in [2.24, 2.45) is 0 Å². The second-order valence-corrected chi connectivity index (χ2v) is 4.26. The summed E-state index contributed by atoms with van der Waals surface area (Å²) in [7, 11) is 0. The van der Waals surface area contributed by atoms with Crippen molar-refractivity contribution >= 4 is 17.3 Å². The molecule has 82 valence electrons. The highest BCUT2D eigenvalue weighted by Crippen LogP contribution is 2.13. The molecular formula is C9H12N2O3S. The molecule has 0 aliphatic carbocycles. The summed E-state index contributed by atoms with van der Waals surface area (Å²) in [6.07, 6.45) is 0. The fourth-order valence-corrected chi connectivity index (χ4v) is 2.24. The van der Waals surface area contributed by atoms with Crippen LogP contribution in [0.2, 0.25) is 0 Å². The lowest BCUT2D eigenvalue weighted by Crippen LogP contribution is -2.35.